The molecule has 0 radical (unpaired) electrons. The summed E-state index contributed by atoms with van der Waals surface area (Å²) < 4.78 is 23.8. The maximum atomic E-state index is 12.9. The van der Waals surface area contributed by atoms with Gasteiger partial charge in [-0.1, -0.05) is 66.7 Å². The first-order valence-electron chi connectivity index (χ1n) is 14.2. The molecule has 214 valence electrons. The third kappa shape index (κ3) is 7.39. The zero-order valence-corrected chi connectivity index (χ0v) is 24.3. The number of ether oxygens (including phenoxy) is 4. The first kappa shape index (κ1) is 28.5. The standard InChI is InChI=1S/C35H39NO5/c1-35(2,3)41-34(37)36-20-19-31(33(22-36)40-24-29-11-7-8-12-32(29)38-4)27-15-17-30(18-16-27)39-23-25-13-14-26-9-5-6-10-28(26)21-25/h5-18,21,31,33H,19-20,22-24H2,1-4H3. The van der Waals surface area contributed by atoms with Crippen LogP contribution in [0.5, 0.6) is 11.5 Å². The molecule has 4 aromatic rings. The van der Waals surface area contributed by atoms with E-state index in [0.29, 0.717) is 26.3 Å². The highest BCUT2D eigenvalue weighted by Gasteiger charge is 2.35. The van der Waals surface area contributed by atoms with Gasteiger partial charge < -0.3 is 23.8 Å². The molecule has 2 atom stereocenters. The van der Waals surface area contributed by atoms with Crippen LogP contribution in [0.3, 0.4) is 0 Å². The van der Waals surface area contributed by atoms with E-state index in [1.165, 1.54) is 10.8 Å². The number of fused-ring (bicyclic) bond motifs is 1. The quantitative estimate of drug-likeness (QED) is 0.223. The molecule has 0 aliphatic carbocycles. The number of hydrogen-bond donors (Lipinski definition) is 0. The molecule has 0 bridgehead atoms. The van der Waals surface area contributed by atoms with Gasteiger partial charge in [-0.15, -0.1) is 0 Å². The fraction of sp³-hybridized carbons (Fsp3) is 0.343. The lowest BCUT2D eigenvalue weighted by Crippen LogP contribution is -2.48. The highest BCUT2D eigenvalue weighted by molar-refractivity contribution is 5.82. The van der Waals surface area contributed by atoms with Crippen molar-refractivity contribution in [3.8, 4) is 11.5 Å². The van der Waals surface area contributed by atoms with Crippen LogP contribution < -0.4 is 9.47 Å². The number of hydrogen-bond acceptors (Lipinski definition) is 5. The number of carbonyl (C=O) groups is 1. The van der Waals surface area contributed by atoms with Crippen LogP contribution in [0.4, 0.5) is 4.79 Å². The Kier molecular flexibility index (Phi) is 8.79. The number of piperidine rings is 1. The van der Waals surface area contributed by atoms with E-state index >= 15 is 0 Å². The molecule has 2 unspecified atom stereocenters. The zero-order chi connectivity index (χ0) is 28.8. The lowest BCUT2D eigenvalue weighted by atomic mass is 9.87. The molecule has 1 fully saturated rings. The second kappa shape index (κ2) is 12.6. The van der Waals surface area contributed by atoms with Crippen LogP contribution in [0, 0.1) is 0 Å². The van der Waals surface area contributed by atoms with Gasteiger partial charge in [0.25, 0.3) is 0 Å². The molecule has 1 aliphatic rings. The van der Waals surface area contributed by atoms with Crippen molar-refractivity contribution >= 4 is 16.9 Å². The summed E-state index contributed by atoms with van der Waals surface area (Å²) in [5.74, 6) is 1.73. The van der Waals surface area contributed by atoms with Crippen LogP contribution in [0.25, 0.3) is 10.8 Å². The summed E-state index contributed by atoms with van der Waals surface area (Å²) in [4.78, 5) is 14.7. The molecule has 0 saturated carbocycles. The topological polar surface area (TPSA) is 57.2 Å². The highest BCUT2D eigenvalue weighted by Crippen LogP contribution is 2.33. The molecular weight excluding hydrogens is 514 g/mol. The van der Waals surface area contributed by atoms with Gasteiger partial charge in [-0.2, -0.15) is 0 Å². The number of nitrogens with zero attached hydrogens (tertiary/aromatic N) is 1. The predicted octanol–water partition coefficient (Wildman–Crippen LogP) is 7.74. The Balaban J connectivity index is 1.28. The second-order valence-corrected chi connectivity index (χ2v) is 11.5. The molecule has 1 heterocycles. The summed E-state index contributed by atoms with van der Waals surface area (Å²) in [7, 11) is 1.66. The highest BCUT2D eigenvalue weighted by atomic mass is 16.6. The summed E-state index contributed by atoms with van der Waals surface area (Å²) >= 11 is 0. The Bertz CT molecular complexity index is 1460. The number of rotatable bonds is 8. The van der Waals surface area contributed by atoms with Gasteiger partial charge >= 0.3 is 6.09 Å². The van der Waals surface area contributed by atoms with E-state index in [-0.39, 0.29) is 18.1 Å². The zero-order valence-electron chi connectivity index (χ0n) is 24.3. The van der Waals surface area contributed by atoms with Crippen LogP contribution in [0.15, 0.2) is 91.0 Å². The van der Waals surface area contributed by atoms with E-state index in [4.69, 9.17) is 18.9 Å². The van der Waals surface area contributed by atoms with Crippen LogP contribution >= 0.6 is 0 Å². The molecule has 4 aromatic carbocycles. The number of para-hydroxylation sites is 1. The Morgan fingerprint density at radius 1 is 0.878 bits per heavy atom. The van der Waals surface area contributed by atoms with Crippen LogP contribution in [-0.2, 0) is 22.7 Å². The number of methoxy groups -OCH3 is 1. The Morgan fingerprint density at radius 3 is 2.37 bits per heavy atom. The van der Waals surface area contributed by atoms with Crippen molar-refractivity contribution in [2.75, 3.05) is 20.2 Å². The summed E-state index contributed by atoms with van der Waals surface area (Å²) in [6, 6.07) is 30.9. The first-order chi connectivity index (χ1) is 19.8. The van der Waals surface area contributed by atoms with E-state index in [9.17, 15) is 4.79 Å². The molecule has 0 spiro atoms. The summed E-state index contributed by atoms with van der Waals surface area (Å²) in [6.07, 6.45) is 0.262. The van der Waals surface area contributed by atoms with Gasteiger partial charge in [0.2, 0.25) is 0 Å². The van der Waals surface area contributed by atoms with E-state index < -0.39 is 5.60 Å². The molecular formula is C35H39NO5. The van der Waals surface area contributed by atoms with Gasteiger partial charge in [-0.3, -0.25) is 0 Å². The number of likely N-dealkylation sites (tertiary alicyclic amines) is 1. The molecule has 5 rings (SSSR count). The number of carbonyl (C=O) groups excluding carboxylic acids is 1. The first-order valence-corrected chi connectivity index (χ1v) is 14.2. The van der Waals surface area contributed by atoms with Crippen LogP contribution in [0.2, 0.25) is 0 Å². The molecule has 41 heavy (non-hydrogen) atoms. The smallest absolute Gasteiger partial charge is 0.410 e. The normalized spacial score (nSPS) is 17.3. The molecule has 1 saturated heterocycles. The van der Waals surface area contributed by atoms with Gasteiger partial charge in [0.1, 0.15) is 23.7 Å². The van der Waals surface area contributed by atoms with E-state index in [2.05, 4.69) is 54.6 Å². The van der Waals surface area contributed by atoms with Gasteiger partial charge in [-0.05, 0) is 73.4 Å². The SMILES string of the molecule is COc1ccccc1COC1CN(C(=O)OC(C)(C)C)CCC1c1ccc(OCc2ccc3ccccc3c2)cc1. The minimum absolute atomic E-state index is 0.123. The lowest BCUT2D eigenvalue weighted by Gasteiger charge is -2.39. The Labute approximate surface area is 242 Å². The average molecular weight is 554 g/mol. The molecule has 0 aromatic heterocycles. The van der Waals surface area contributed by atoms with Crippen LogP contribution in [-0.4, -0.2) is 42.9 Å². The molecule has 6 nitrogen and oxygen atoms in total. The van der Waals surface area contributed by atoms with Gasteiger partial charge in [0.05, 0.1) is 26.4 Å². The summed E-state index contributed by atoms with van der Waals surface area (Å²) in [5.41, 5.74) is 2.72. The monoisotopic (exact) mass is 553 g/mol. The largest absolute Gasteiger partial charge is 0.496 e. The Morgan fingerprint density at radius 2 is 1.61 bits per heavy atom. The average Bonchev–Trinajstić information content (AvgIpc) is 2.98. The van der Waals surface area contributed by atoms with E-state index in [1.54, 1.807) is 12.0 Å². The Hall–Kier alpha value is -4.03. The third-order valence-corrected chi connectivity index (χ3v) is 7.38. The summed E-state index contributed by atoms with van der Waals surface area (Å²) in [6.45, 7) is 7.61. The summed E-state index contributed by atoms with van der Waals surface area (Å²) in [5, 5.41) is 2.43. The number of amides is 1. The molecule has 1 amide bonds. The van der Waals surface area contributed by atoms with E-state index in [0.717, 1.165) is 34.6 Å². The fourth-order valence-electron chi connectivity index (χ4n) is 5.28. The number of benzene rings is 4. The minimum atomic E-state index is -0.551. The van der Waals surface area contributed by atoms with Crippen molar-refractivity contribution in [3.63, 3.8) is 0 Å². The second-order valence-electron chi connectivity index (χ2n) is 11.5. The maximum absolute atomic E-state index is 12.9. The molecule has 0 N–H and O–H groups in total. The fourth-order valence-corrected chi connectivity index (χ4v) is 5.28. The van der Waals surface area contributed by atoms with Crippen molar-refractivity contribution in [2.24, 2.45) is 0 Å². The minimum Gasteiger partial charge on any atom is -0.496 e. The van der Waals surface area contributed by atoms with Gasteiger partial charge in [0, 0.05) is 18.0 Å². The van der Waals surface area contributed by atoms with Crippen molar-refractivity contribution in [1.82, 2.24) is 4.90 Å². The van der Waals surface area contributed by atoms with Gasteiger partial charge in [-0.25, -0.2) is 4.79 Å². The molecule has 6 heteroatoms. The van der Waals surface area contributed by atoms with Crippen molar-refractivity contribution in [1.29, 1.82) is 0 Å². The predicted molar refractivity (Wildman–Crippen MR) is 161 cm³/mol. The lowest BCUT2D eigenvalue weighted by molar-refractivity contribution is -0.0363. The maximum Gasteiger partial charge on any atom is 0.410 e. The van der Waals surface area contributed by atoms with Crippen molar-refractivity contribution in [3.05, 3.63) is 108 Å². The van der Waals surface area contributed by atoms with Crippen molar-refractivity contribution in [2.45, 2.75) is 58.0 Å². The van der Waals surface area contributed by atoms with E-state index in [1.807, 2.05) is 57.2 Å². The van der Waals surface area contributed by atoms with Gasteiger partial charge in [0.15, 0.2) is 0 Å². The van der Waals surface area contributed by atoms with Crippen LogP contribution in [0.1, 0.15) is 49.8 Å². The third-order valence-electron chi connectivity index (χ3n) is 7.38. The van der Waals surface area contributed by atoms with Crippen molar-refractivity contribution < 1.29 is 23.7 Å². The molecule has 1 aliphatic heterocycles.